The largest absolute Gasteiger partial charge is 0.493 e. The van der Waals surface area contributed by atoms with Crippen LogP contribution >= 0.6 is 11.6 Å². The van der Waals surface area contributed by atoms with Crippen LogP contribution in [0.5, 0.6) is 5.75 Å². The fourth-order valence-electron chi connectivity index (χ4n) is 2.49. The van der Waals surface area contributed by atoms with Gasteiger partial charge < -0.3 is 4.74 Å². The number of carbonyl (C=O) groups excluding carboxylic acids is 1. The van der Waals surface area contributed by atoms with Crippen molar-refractivity contribution in [3.63, 3.8) is 0 Å². The summed E-state index contributed by atoms with van der Waals surface area (Å²) in [5.41, 5.74) is 2.07. The molecule has 0 N–H and O–H groups in total. The highest BCUT2D eigenvalue weighted by Crippen LogP contribution is 2.30. The maximum atomic E-state index is 12.6. The second kappa shape index (κ2) is 5.59. The van der Waals surface area contributed by atoms with E-state index in [9.17, 15) is 10.1 Å². The zero-order chi connectivity index (χ0) is 14.8. The lowest BCUT2D eigenvalue weighted by Crippen LogP contribution is -2.12. The van der Waals surface area contributed by atoms with Gasteiger partial charge in [0.2, 0.25) is 0 Å². The molecule has 0 fully saturated rings. The zero-order valence-corrected chi connectivity index (χ0v) is 11.9. The van der Waals surface area contributed by atoms with E-state index in [0.29, 0.717) is 22.8 Å². The third-order valence-corrected chi connectivity index (χ3v) is 3.93. The lowest BCUT2D eigenvalue weighted by molar-refractivity contribution is 0.0979. The molecule has 0 radical (unpaired) electrons. The first-order valence-electron chi connectivity index (χ1n) is 6.64. The number of hydrogen-bond acceptors (Lipinski definition) is 3. The van der Waals surface area contributed by atoms with Crippen LogP contribution in [0.2, 0.25) is 5.02 Å². The molecule has 1 heterocycles. The number of carbonyl (C=O) groups is 1. The third-order valence-electron chi connectivity index (χ3n) is 3.58. The molecule has 1 unspecified atom stereocenters. The minimum atomic E-state index is -0.890. The summed E-state index contributed by atoms with van der Waals surface area (Å²) in [7, 11) is 0. The quantitative estimate of drug-likeness (QED) is 0.810. The molecule has 0 saturated heterocycles. The predicted molar refractivity (Wildman–Crippen MR) is 79.8 cm³/mol. The number of nitrogens with zero attached hydrogens (tertiary/aromatic N) is 1. The molecule has 4 heteroatoms. The Hall–Kier alpha value is -2.31. The lowest BCUT2D eigenvalue weighted by Gasteiger charge is -2.11. The second-order valence-corrected chi connectivity index (χ2v) is 5.28. The van der Waals surface area contributed by atoms with E-state index in [1.807, 2.05) is 6.07 Å². The third kappa shape index (κ3) is 2.51. The smallest absolute Gasteiger partial charge is 0.184 e. The first-order chi connectivity index (χ1) is 10.2. The van der Waals surface area contributed by atoms with Crippen molar-refractivity contribution in [3.05, 3.63) is 64.2 Å². The van der Waals surface area contributed by atoms with Crippen LogP contribution < -0.4 is 4.74 Å². The van der Waals surface area contributed by atoms with Gasteiger partial charge in [-0.1, -0.05) is 29.8 Å². The Labute approximate surface area is 127 Å². The van der Waals surface area contributed by atoms with Crippen LogP contribution in [0, 0.1) is 11.3 Å². The van der Waals surface area contributed by atoms with Crippen molar-refractivity contribution >= 4 is 17.4 Å². The second-order valence-electron chi connectivity index (χ2n) is 4.87. The number of rotatable bonds is 3. The lowest BCUT2D eigenvalue weighted by atomic mass is 9.91. The Morgan fingerprint density at radius 2 is 2.10 bits per heavy atom. The Kier molecular flexibility index (Phi) is 3.64. The van der Waals surface area contributed by atoms with E-state index in [-0.39, 0.29) is 5.78 Å². The summed E-state index contributed by atoms with van der Waals surface area (Å²) in [6.07, 6.45) is 0.791. The monoisotopic (exact) mass is 297 g/mol. The standard InChI is InChI=1S/C17H12ClNO2/c18-15-4-2-1-3-13(15)14(10-19)17(20)12-5-6-16-11(9-12)7-8-21-16/h1-6,9,14H,7-8H2. The van der Waals surface area contributed by atoms with Gasteiger partial charge in [0.1, 0.15) is 11.7 Å². The highest BCUT2D eigenvalue weighted by Gasteiger charge is 2.25. The number of ketones is 1. The van der Waals surface area contributed by atoms with E-state index < -0.39 is 5.92 Å². The summed E-state index contributed by atoms with van der Waals surface area (Å²) in [6.45, 7) is 0.638. The SMILES string of the molecule is N#CC(C(=O)c1ccc2c(c1)CCO2)c1ccccc1Cl. The molecule has 2 aromatic rings. The summed E-state index contributed by atoms with van der Waals surface area (Å²) < 4.78 is 5.43. The highest BCUT2D eigenvalue weighted by atomic mass is 35.5. The number of ether oxygens (including phenoxy) is 1. The molecule has 1 aliphatic heterocycles. The average Bonchev–Trinajstić information content (AvgIpc) is 2.97. The normalized spacial score (nSPS) is 13.9. The van der Waals surface area contributed by atoms with Crippen molar-refractivity contribution in [1.82, 2.24) is 0 Å². The molecule has 3 nitrogen and oxygen atoms in total. The van der Waals surface area contributed by atoms with Crippen LogP contribution in [0.4, 0.5) is 0 Å². The number of Topliss-reactive ketones (excluding diaryl/α,β-unsaturated/α-hetero) is 1. The maximum absolute atomic E-state index is 12.6. The number of fused-ring (bicyclic) bond motifs is 1. The molecule has 0 aromatic heterocycles. The summed E-state index contributed by atoms with van der Waals surface area (Å²) in [6, 6.07) is 14.3. The maximum Gasteiger partial charge on any atom is 0.184 e. The summed E-state index contributed by atoms with van der Waals surface area (Å²) >= 11 is 6.10. The van der Waals surface area contributed by atoms with Crippen LogP contribution in [-0.2, 0) is 6.42 Å². The van der Waals surface area contributed by atoms with Crippen molar-refractivity contribution in [3.8, 4) is 11.8 Å². The Morgan fingerprint density at radius 1 is 1.29 bits per heavy atom. The van der Waals surface area contributed by atoms with Gasteiger partial charge in [0.05, 0.1) is 12.7 Å². The fourth-order valence-corrected chi connectivity index (χ4v) is 2.73. The molecule has 104 valence electrons. The fraction of sp³-hybridized carbons (Fsp3) is 0.176. The van der Waals surface area contributed by atoms with Gasteiger partial charge in [0, 0.05) is 17.0 Å². The van der Waals surface area contributed by atoms with Crippen LogP contribution in [-0.4, -0.2) is 12.4 Å². The highest BCUT2D eigenvalue weighted by molar-refractivity contribution is 6.31. The molecule has 3 rings (SSSR count). The first-order valence-corrected chi connectivity index (χ1v) is 7.02. The number of hydrogen-bond donors (Lipinski definition) is 0. The van der Waals surface area contributed by atoms with Crippen LogP contribution in [0.25, 0.3) is 0 Å². The predicted octanol–water partition coefficient (Wildman–Crippen LogP) is 3.76. The van der Waals surface area contributed by atoms with E-state index >= 15 is 0 Å². The molecule has 0 bridgehead atoms. The zero-order valence-electron chi connectivity index (χ0n) is 11.2. The van der Waals surface area contributed by atoms with E-state index in [4.69, 9.17) is 16.3 Å². The molecule has 1 aliphatic rings. The van der Waals surface area contributed by atoms with Crippen molar-refractivity contribution in [2.45, 2.75) is 12.3 Å². The minimum absolute atomic E-state index is 0.236. The molecule has 21 heavy (non-hydrogen) atoms. The molecule has 0 aliphatic carbocycles. The van der Waals surface area contributed by atoms with E-state index in [1.54, 1.807) is 36.4 Å². The first kappa shape index (κ1) is 13.7. The molecule has 2 aromatic carbocycles. The van der Waals surface area contributed by atoms with E-state index in [1.165, 1.54) is 0 Å². The van der Waals surface area contributed by atoms with Crippen molar-refractivity contribution in [2.75, 3.05) is 6.61 Å². The molecular formula is C17H12ClNO2. The molecule has 0 saturated carbocycles. The number of benzene rings is 2. The van der Waals surface area contributed by atoms with Gasteiger partial charge in [-0.2, -0.15) is 5.26 Å². The Bertz CT molecular complexity index is 749. The van der Waals surface area contributed by atoms with Crippen LogP contribution in [0.1, 0.15) is 27.4 Å². The number of nitriles is 1. The van der Waals surface area contributed by atoms with Gasteiger partial charge in [0.15, 0.2) is 5.78 Å². The van der Waals surface area contributed by atoms with Crippen molar-refractivity contribution in [1.29, 1.82) is 5.26 Å². The summed E-state index contributed by atoms with van der Waals surface area (Å²) in [4.78, 5) is 12.6. The van der Waals surface area contributed by atoms with Gasteiger partial charge in [-0.3, -0.25) is 4.79 Å². The van der Waals surface area contributed by atoms with Gasteiger partial charge in [-0.15, -0.1) is 0 Å². The molecule has 1 atom stereocenters. The average molecular weight is 298 g/mol. The van der Waals surface area contributed by atoms with Gasteiger partial charge in [-0.25, -0.2) is 0 Å². The molecule has 0 spiro atoms. The van der Waals surface area contributed by atoms with Crippen LogP contribution in [0.3, 0.4) is 0 Å². The Balaban J connectivity index is 1.97. The Morgan fingerprint density at radius 3 is 2.86 bits per heavy atom. The molecule has 0 amide bonds. The van der Waals surface area contributed by atoms with Crippen molar-refractivity contribution in [2.24, 2.45) is 0 Å². The van der Waals surface area contributed by atoms with Crippen molar-refractivity contribution < 1.29 is 9.53 Å². The molecular weight excluding hydrogens is 286 g/mol. The van der Waals surface area contributed by atoms with Gasteiger partial charge in [0.25, 0.3) is 0 Å². The topological polar surface area (TPSA) is 50.1 Å². The minimum Gasteiger partial charge on any atom is -0.493 e. The number of halogens is 1. The van der Waals surface area contributed by atoms with E-state index in [0.717, 1.165) is 17.7 Å². The van der Waals surface area contributed by atoms with Crippen LogP contribution in [0.15, 0.2) is 42.5 Å². The summed E-state index contributed by atoms with van der Waals surface area (Å²) in [5, 5.41) is 9.81. The van der Waals surface area contributed by atoms with Gasteiger partial charge in [-0.05, 0) is 35.4 Å². The van der Waals surface area contributed by atoms with E-state index in [2.05, 4.69) is 6.07 Å². The summed E-state index contributed by atoms with van der Waals surface area (Å²) in [5.74, 6) is -0.308. The van der Waals surface area contributed by atoms with Gasteiger partial charge >= 0.3 is 0 Å².